The van der Waals surface area contributed by atoms with E-state index in [0.717, 1.165) is 24.4 Å². The van der Waals surface area contributed by atoms with Crippen molar-refractivity contribution in [2.24, 2.45) is 0 Å². The summed E-state index contributed by atoms with van der Waals surface area (Å²) in [4.78, 5) is 0. The molecule has 1 aromatic carbocycles. The standard InChI is InChI=1S/C10H12ClNO/c1-7-5-6-12-9-4-2-3-8(11)10(9)13-7/h2-4,7,12H,5-6H2,1H3. The molecule has 0 fully saturated rings. The van der Waals surface area contributed by atoms with E-state index in [0.29, 0.717) is 5.02 Å². The van der Waals surface area contributed by atoms with Crippen LogP contribution in [-0.4, -0.2) is 12.6 Å². The maximum atomic E-state index is 6.02. The summed E-state index contributed by atoms with van der Waals surface area (Å²) in [5.74, 6) is 0.786. The van der Waals surface area contributed by atoms with Gasteiger partial charge in [-0.05, 0) is 19.1 Å². The van der Waals surface area contributed by atoms with Crippen LogP contribution in [0.1, 0.15) is 13.3 Å². The van der Waals surface area contributed by atoms with Crippen molar-refractivity contribution in [1.82, 2.24) is 0 Å². The van der Waals surface area contributed by atoms with Gasteiger partial charge in [0.2, 0.25) is 0 Å². The lowest BCUT2D eigenvalue weighted by atomic mass is 10.3. The third-order valence-electron chi connectivity index (χ3n) is 2.15. The summed E-state index contributed by atoms with van der Waals surface area (Å²) in [6.45, 7) is 2.99. The van der Waals surface area contributed by atoms with Gasteiger partial charge in [-0.1, -0.05) is 17.7 Å². The molecule has 1 aromatic rings. The lowest BCUT2D eigenvalue weighted by Crippen LogP contribution is -2.12. The molecule has 3 heteroatoms. The lowest BCUT2D eigenvalue weighted by molar-refractivity contribution is 0.222. The highest BCUT2D eigenvalue weighted by atomic mass is 35.5. The van der Waals surface area contributed by atoms with Crippen molar-refractivity contribution < 1.29 is 4.74 Å². The van der Waals surface area contributed by atoms with Gasteiger partial charge in [0.05, 0.1) is 16.8 Å². The van der Waals surface area contributed by atoms with Crippen molar-refractivity contribution in [1.29, 1.82) is 0 Å². The molecule has 0 amide bonds. The minimum atomic E-state index is 0.230. The van der Waals surface area contributed by atoms with Gasteiger partial charge >= 0.3 is 0 Å². The van der Waals surface area contributed by atoms with E-state index in [9.17, 15) is 0 Å². The van der Waals surface area contributed by atoms with Gasteiger partial charge in [0, 0.05) is 13.0 Å². The number of halogens is 1. The fraction of sp³-hybridized carbons (Fsp3) is 0.400. The van der Waals surface area contributed by atoms with E-state index in [2.05, 4.69) is 12.2 Å². The molecule has 0 saturated carbocycles. The van der Waals surface area contributed by atoms with Crippen molar-refractivity contribution in [3.05, 3.63) is 23.2 Å². The van der Waals surface area contributed by atoms with Gasteiger partial charge in [0.1, 0.15) is 0 Å². The average Bonchev–Trinajstić information content (AvgIpc) is 2.28. The molecule has 13 heavy (non-hydrogen) atoms. The molecule has 0 aliphatic carbocycles. The largest absolute Gasteiger partial charge is 0.487 e. The number of hydrogen-bond donors (Lipinski definition) is 1. The van der Waals surface area contributed by atoms with E-state index < -0.39 is 0 Å². The third kappa shape index (κ3) is 1.73. The van der Waals surface area contributed by atoms with Crippen molar-refractivity contribution in [3.63, 3.8) is 0 Å². The van der Waals surface area contributed by atoms with Gasteiger partial charge in [-0.15, -0.1) is 0 Å². The number of ether oxygens (including phenoxy) is 1. The summed E-state index contributed by atoms with van der Waals surface area (Å²) < 4.78 is 5.69. The Hall–Kier alpha value is -0.890. The van der Waals surface area contributed by atoms with Gasteiger partial charge in [-0.2, -0.15) is 0 Å². The molecule has 1 aliphatic heterocycles. The van der Waals surface area contributed by atoms with E-state index in [1.807, 2.05) is 18.2 Å². The molecule has 0 bridgehead atoms. The normalized spacial score (nSPS) is 20.9. The number of para-hydroxylation sites is 1. The molecule has 0 aromatic heterocycles. The summed E-state index contributed by atoms with van der Waals surface area (Å²) in [5.41, 5.74) is 0.997. The summed E-state index contributed by atoms with van der Waals surface area (Å²) in [6.07, 6.45) is 1.24. The average molecular weight is 198 g/mol. The third-order valence-corrected chi connectivity index (χ3v) is 2.45. The van der Waals surface area contributed by atoms with Crippen LogP contribution in [0.3, 0.4) is 0 Å². The number of nitrogens with one attached hydrogen (secondary N) is 1. The quantitative estimate of drug-likeness (QED) is 0.691. The predicted molar refractivity (Wildman–Crippen MR) is 54.6 cm³/mol. The second-order valence-corrected chi connectivity index (χ2v) is 3.67. The Balaban J connectivity index is 2.40. The molecule has 2 rings (SSSR count). The molecular formula is C10H12ClNO. The Labute approximate surface area is 82.9 Å². The SMILES string of the molecule is CC1CCNc2cccc(Cl)c2O1. The van der Waals surface area contributed by atoms with Crippen molar-refractivity contribution in [2.45, 2.75) is 19.4 Å². The zero-order chi connectivity index (χ0) is 9.26. The molecule has 0 radical (unpaired) electrons. The molecule has 1 aliphatic rings. The molecular weight excluding hydrogens is 186 g/mol. The highest BCUT2D eigenvalue weighted by Gasteiger charge is 2.15. The Bertz CT molecular complexity index is 314. The van der Waals surface area contributed by atoms with Gasteiger partial charge < -0.3 is 10.1 Å². The minimum absolute atomic E-state index is 0.230. The summed E-state index contributed by atoms with van der Waals surface area (Å²) in [6, 6.07) is 5.76. The van der Waals surface area contributed by atoms with Gasteiger partial charge in [0.25, 0.3) is 0 Å². The first kappa shape index (κ1) is 8.70. The van der Waals surface area contributed by atoms with Crippen LogP contribution in [-0.2, 0) is 0 Å². The van der Waals surface area contributed by atoms with E-state index in [1.165, 1.54) is 0 Å². The number of anilines is 1. The first-order valence-electron chi connectivity index (χ1n) is 4.46. The lowest BCUT2D eigenvalue weighted by Gasteiger charge is -2.12. The van der Waals surface area contributed by atoms with Crippen LogP contribution >= 0.6 is 11.6 Å². The topological polar surface area (TPSA) is 21.3 Å². The Kier molecular flexibility index (Phi) is 2.32. The monoisotopic (exact) mass is 197 g/mol. The van der Waals surface area contributed by atoms with Crippen LogP contribution in [0.4, 0.5) is 5.69 Å². The molecule has 1 N–H and O–H groups in total. The Morgan fingerprint density at radius 3 is 3.23 bits per heavy atom. The number of benzene rings is 1. The first-order chi connectivity index (χ1) is 6.27. The zero-order valence-corrected chi connectivity index (χ0v) is 8.27. The molecule has 70 valence electrons. The Morgan fingerprint density at radius 1 is 1.54 bits per heavy atom. The fourth-order valence-electron chi connectivity index (χ4n) is 1.44. The van der Waals surface area contributed by atoms with E-state index in [4.69, 9.17) is 16.3 Å². The van der Waals surface area contributed by atoms with E-state index in [-0.39, 0.29) is 6.10 Å². The van der Waals surface area contributed by atoms with Crippen LogP contribution in [0.2, 0.25) is 5.02 Å². The molecule has 1 unspecified atom stereocenters. The molecule has 2 nitrogen and oxygen atoms in total. The number of rotatable bonds is 0. The van der Waals surface area contributed by atoms with Crippen LogP contribution in [0.25, 0.3) is 0 Å². The summed E-state index contributed by atoms with van der Waals surface area (Å²) in [7, 11) is 0. The second kappa shape index (κ2) is 3.46. The maximum Gasteiger partial charge on any atom is 0.161 e. The highest BCUT2D eigenvalue weighted by molar-refractivity contribution is 6.32. The number of fused-ring (bicyclic) bond motifs is 1. The minimum Gasteiger partial charge on any atom is -0.487 e. The smallest absolute Gasteiger partial charge is 0.161 e. The van der Waals surface area contributed by atoms with Crippen LogP contribution < -0.4 is 10.1 Å². The van der Waals surface area contributed by atoms with Crippen LogP contribution in [0.5, 0.6) is 5.75 Å². The zero-order valence-electron chi connectivity index (χ0n) is 7.51. The highest BCUT2D eigenvalue weighted by Crippen LogP contribution is 2.35. The first-order valence-corrected chi connectivity index (χ1v) is 4.84. The van der Waals surface area contributed by atoms with E-state index in [1.54, 1.807) is 0 Å². The van der Waals surface area contributed by atoms with Crippen molar-refractivity contribution in [2.75, 3.05) is 11.9 Å². The van der Waals surface area contributed by atoms with Crippen molar-refractivity contribution in [3.8, 4) is 5.75 Å². The molecule has 0 spiro atoms. The second-order valence-electron chi connectivity index (χ2n) is 3.26. The molecule has 1 atom stereocenters. The van der Waals surface area contributed by atoms with Gasteiger partial charge in [-0.3, -0.25) is 0 Å². The van der Waals surface area contributed by atoms with Crippen molar-refractivity contribution >= 4 is 17.3 Å². The van der Waals surface area contributed by atoms with Gasteiger partial charge in [0.15, 0.2) is 5.75 Å². The van der Waals surface area contributed by atoms with Crippen LogP contribution in [0, 0.1) is 0 Å². The molecule has 1 heterocycles. The maximum absolute atomic E-state index is 6.02. The van der Waals surface area contributed by atoms with Gasteiger partial charge in [-0.25, -0.2) is 0 Å². The Morgan fingerprint density at radius 2 is 2.38 bits per heavy atom. The van der Waals surface area contributed by atoms with E-state index >= 15 is 0 Å². The summed E-state index contributed by atoms with van der Waals surface area (Å²) in [5, 5.41) is 3.97. The predicted octanol–water partition coefficient (Wildman–Crippen LogP) is 2.92. The van der Waals surface area contributed by atoms with Crippen LogP contribution in [0.15, 0.2) is 18.2 Å². The fourth-order valence-corrected chi connectivity index (χ4v) is 1.66. The molecule has 0 saturated heterocycles. The number of hydrogen-bond acceptors (Lipinski definition) is 2. The summed E-state index contributed by atoms with van der Waals surface area (Å²) >= 11 is 6.02.